The van der Waals surface area contributed by atoms with Crippen LogP contribution in [-0.2, 0) is 13.2 Å². The fraction of sp³-hybridized carbons (Fsp3) is 0.333. The number of aromatic nitrogens is 2. The molecule has 1 aromatic carbocycles. The maximum Gasteiger partial charge on any atom is 0.259 e. The average molecular weight is 288 g/mol. The zero-order chi connectivity index (χ0) is 15.2. The number of nitrogens with one attached hydrogen (secondary N) is 1. The Morgan fingerprint density at radius 1 is 1.38 bits per heavy atom. The molecule has 1 amide bonds. The molecule has 0 atom stereocenters. The summed E-state index contributed by atoms with van der Waals surface area (Å²) in [5.41, 5.74) is 8.35. The smallest absolute Gasteiger partial charge is 0.259 e. The van der Waals surface area contributed by atoms with Crippen molar-refractivity contribution in [1.82, 2.24) is 9.78 Å². The van der Waals surface area contributed by atoms with Gasteiger partial charge in [0.05, 0.1) is 18.4 Å². The maximum atomic E-state index is 12.2. The van der Waals surface area contributed by atoms with Gasteiger partial charge in [-0.05, 0) is 37.6 Å². The molecule has 1 aromatic heterocycles. The van der Waals surface area contributed by atoms with Crippen LogP contribution in [0.4, 0.5) is 5.69 Å². The van der Waals surface area contributed by atoms with Crippen LogP contribution in [0, 0.1) is 6.92 Å². The van der Waals surface area contributed by atoms with Crippen LogP contribution in [0.1, 0.15) is 28.0 Å². The Morgan fingerprint density at radius 3 is 2.71 bits per heavy atom. The predicted molar refractivity (Wildman–Crippen MR) is 81.0 cm³/mol. The Balaban J connectivity index is 2.07. The summed E-state index contributed by atoms with van der Waals surface area (Å²) in [7, 11) is 0. The van der Waals surface area contributed by atoms with Gasteiger partial charge in [-0.3, -0.25) is 9.48 Å². The molecular formula is C15H20N4O2. The highest BCUT2D eigenvalue weighted by Gasteiger charge is 2.14. The van der Waals surface area contributed by atoms with Gasteiger partial charge in [0.25, 0.3) is 5.91 Å². The van der Waals surface area contributed by atoms with Crippen LogP contribution in [0.15, 0.2) is 30.5 Å². The van der Waals surface area contributed by atoms with E-state index in [1.54, 1.807) is 35.1 Å². The Bertz CT molecular complexity index is 605. The molecule has 0 bridgehead atoms. The fourth-order valence-electron chi connectivity index (χ4n) is 2.03. The van der Waals surface area contributed by atoms with E-state index < -0.39 is 0 Å². The van der Waals surface area contributed by atoms with Gasteiger partial charge in [0.2, 0.25) is 0 Å². The minimum Gasteiger partial charge on any atom is -0.392 e. The Kier molecular flexibility index (Phi) is 5.08. The van der Waals surface area contributed by atoms with Gasteiger partial charge in [-0.1, -0.05) is 12.1 Å². The van der Waals surface area contributed by atoms with Gasteiger partial charge in [0.15, 0.2) is 0 Å². The number of aliphatic hydroxyl groups excluding tert-OH is 1. The molecule has 0 unspecified atom stereocenters. The topological polar surface area (TPSA) is 93.2 Å². The van der Waals surface area contributed by atoms with Crippen molar-refractivity contribution in [2.45, 2.75) is 26.5 Å². The quantitative estimate of drug-likeness (QED) is 0.746. The molecule has 1 heterocycles. The summed E-state index contributed by atoms with van der Waals surface area (Å²) in [4.78, 5) is 12.2. The first kappa shape index (κ1) is 15.2. The molecule has 21 heavy (non-hydrogen) atoms. The van der Waals surface area contributed by atoms with Crippen molar-refractivity contribution in [2.24, 2.45) is 5.73 Å². The van der Waals surface area contributed by atoms with Crippen LogP contribution in [0.3, 0.4) is 0 Å². The van der Waals surface area contributed by atoms with E-state index in [0.29, 0.717) is 24.3 Å². The highest BCUT2D eigenvalue weighted by molar-refractivity contribution is 6.04. The minimum atomic E-state index is -0.191. The molecule has 2 rings (SSSR count). The predicted octanol–water partition coefficient (Wildman–Crippen LogP) is 1.28. The lowest BCUT2D eigenvalue weighted by Crippen LogP contribution is -2.14. The number of nitrogens with zero attached hydrogens (tertiary/aromatic N) is 2. The number of anilines is 1. The largest absolute Gasteiger partial charge is 0.392 e. The first-order valence-corrected chi connectivity index (χ1v) is 6.89. The van der Waals surface area contributed by atoms with Crippen molar-refractivity contribution in [3.63, 3.8) is 0 Å². The lowest BCUT2D eigenvalue weighted by atomic mass is 10.2. The molecule has 6 heteroatoms. The summed E-state index contributed by atoms with van der Waals surface area (Å²) in [6.07, 6.45) is 2.40. The number of amides is 1. The van der Waals surface area contributed by atoms with Gasteiger partial charge in [-0.2, -0.15) is 5.10 Å². The van der Waals surface area contributed by atoms with E-state index in [2.05, 4.69) is 10.4 Å². The summed E-state index contributed by atoms with van der Waals surface area (Å²) < 4.78 is 1.79. The third-order valence-electron chi connectivity index (χ3n) is 3.32. The molecule has 0 aliphatic carbocycles. The molecule has 6 nitrogen and oxygen atoms in total. The number of hydrogen-bond acceptors (Lipinski definition) is 4. The highest BCUT2D eigenvalue weighted by atomic mass is 16.3. The van der Waals surface area contributed by atoms with Crippen LogP contribution in [0.5, 0.6) is 0 Å². The first-order valence-electron chi connectivity index (χ1n) is 6.89. The number of nitrogens with two attached hydrogens (primary N) is 1. The van der Waals surface area contributed by atoms with Crippen molar-refractivity contribution in [2.75, 3.05) is 11.9 Å². The summed E-state index contributed by atoms with van der Waals surface area (Å²) in [6, 6.07) is 7.07. The molecule has 0 aliphatic heterocycles. The van der Waals surface area contributed by atoms with E-state index in [-0.39, 0.29) is 12.5 Å². The van der Waals surface area contributed by atoms with Gasteiger partial charge in [-0.15, -0.1) is 0 Å². The molecule has 2 aromatic rings. The zero-order valence-corrected chi connectivity index (χ0v) is 12.0. The molecule has 112 valence electrons. The van der Waals surface area contributed by atoms with Crippen molar-refractivity contribution in [3.8, 4) is 0 Å². The molecule has 0 radical (unpaired) electrons. The fourth-order valence-corrected chi connectivity index (χ4v) is 2.03. The van der Waals surface area contributed by atoms with E-state index in [4.69, 9.17) is 10.8 Å². The van der Waals surface area contributed by atoms with Crippen LogP contribution < -0.4 is 11.1 Å². The van der Waals surface area contributed by atoms with Gasteiger partial charge in [0.1, 0.15) is 0 Å². The number of rotatable bonds is 6. The third kappa shape index (κ3) is 3.68. The number of hydrogen-bond donors (Lipinski definition) is 3. The van der Waals surface area contributed by atoms with Crippen molar-refractivity contribution in [1.29, 1.82) is 0 Å². The van der Waals surface area contributed by atoms with E-state index in [9.17, 15) is 4.79 Å². The summed E-state index contributed by atoms with van der Waals surface area (Å²) in [5, 5.41) is 16.0. The standard InChI is InChI=1S/C15H20N4O2/c1-11-14(9-17-19(11)8-2-7-16)15(21)18-13-5-3-12(10-20)4-6-13/h3-6,9,20H,2,7-8,10,16H2,1H3,(H,18,21). The second kappa shape index (κ2) is 7.01. The van der Waals surface area contributed by atoms with Crippen molar-refractivity contribution in [3.05, 3.63) is 47.3 Å². The molecule has 0 saturated heterocycles. The van der Waals surface area contributed by atoms with Crippen LogP contribution >= 0.6 is 0 Å². The molecule has 0 saturated carbocycles. The van der Waals surface area contributed by atoms with Crippen LogP contribution in [0.2, 0.25) is 0 Å². The van der Waals surface area contributed by atoms with Crippen LogP contribution in [-0.4, -0.2) is 27.3 Å². The molecule has 0 fully saturated rings. The normalized spacial score (nSPS) is 10.6. The molecule has 4 N–H and O–H groups in total. The molecule has 0 aliphatic rings. The first-order chi connectivity index (χ1) is 10.2. The molecule has 0 spiro atoms. The second-order valence-electron chi connectivity index (χ2n) is 4.82. The van der Waals surface area contributed by atoms with E-state index in [1.807, 2.05) is 6.92 Å². The van der Waals surface area contributed by atoms with Gasteiger partial charge < -0.3 is 16.2 Å². The van der Waals surface area contributed by atoms with E-state index in [1.165, 1.54) is 0 Å². The third-order valence-corrected chi connectivity index (χ3v) is 3.32. The van der Waals surface area contributed by atoms with Crippen LogP contribution in [0.25, 0.3) is 0 Å². The number of carbonyl (C=O) groups is 1. The van der Waals surface area contributed by atoms with Gasteiger partial charge >= 0.3 is 0 Å². The zero-order valence-electron chi connectivity index (χ0n) is 12.0. The SMILES string of the molecule is Cc1c(C(=O)Nc2ccc(CO)cc2)cnn1CCCN. The Morgan fingerprint density at radius 2 is 2.10 bits per heavy atom. The average Bonchev–Trinajstić information content (AvgIpc) is 2.87. The monoisotopic (exact) mass is 288 g/mol. The van der Waals surface area contributed by atoms with Crippen molar-refractivity contribution < 1.29 is 9.90 Å². The number of benzene rings is 1. The van der Waals surface area contributed by atoms with Gasteiger partial charge in [0, 0.05) is 17.9 Å². The summed E-state index contributed by atoms with van der Waals surface area (Å²) in [6.45, 7) is 3.16. The van der Waals surface area contributed by atoms with E-state index in [0.717, 1.165) is 17.7 Å². The summed E-state index contributed by atoms with van der Waals surface area (Å²) in [5.74, 6) is -0.191. The minimum absolute atomic E-state index is 0.0127. The Labute approximate surface area is 123 Å². The Hall–Kier alpha value is -2.18. The second-order valence-corrected chi connectivity index (χ2v) is 4.82. The number of carbonyl (C=O) groups excluding carboxylic acids is 1. The lowest BCUT2D eigenvalue weighted by Gasteiger charge is -2.07. The molecular weight excluding hydrogens is 268 g/mol. The lowest BCUT2D eigenvalue weighted by molar-refractivity contribution is 0.102. The van der Waals surface area contributed by atoms with E-state index >= 15 is 0 Å². The van der Waals surface area contributed by atoms with Gasteiger partial charge in [-0.25, -0.2) is 0 Å². The number of aryl methyl sites for hydroxylation is 1. The maximum absolute atomic E-state index is 12.2. The van der Waals surface area contributed by atoms with Crippen molar-refractivity contribution >= 4 is 11.6 Å². The summed E-state index contributed by atoms with van der Waals surface area (Å²) >= 11 is 0. The highest BCUT2D eigenvalue weighted by Crippen LogP contribution is 2.13. The number of aliphatic hydroxyl groups is 1.